The SMILES string of the molecule is COCCn1ccc(C(C)C)c1. The molecule has 0 aromatic carbocycles. The molecule has 0 amide bonds. The van der Waals surface area contributed by atoms with Gasteiger partial charge in [-0.25, -0.2) is 0 Å². The van der Waals surface area contributed by atoms with Crippen LogP contribution in [0.4, 0.5) is 0 Å². The van der Waals surface area contributed by atoms with Crippen molar-refractivity contribution < 1.29 is 4.74 Å². The van der Waals surface area contributed by atoms with E-state index >= 15 is 0 Å². The topological polar surface area (TPSA) is 14.2 Å². The lowest BCUT2D eigenvalue weighted by molar-refractivity contribution is 0.187. The first kappa shape index (κ1) is 9.33. The summed E-state index contributed by atoms with van der Waals surface area (Å²) in [5.74, 6) is 0.619. The van der Waals surface area contributed by atoms with Crippen molar-refractivity contribution in [2.75, 3.05) is 13.7 Å². The molecule has 0 aliphatic rings. The highest BCUT2D eigenvalue weighted by Gasteiger charge is 2.00. The van der Waals surface area contributed by atoms with Crippen LogP contribution in [-0.4, -0.2) is 18.3 Å². The molecule has 1 heterocycles. The van der Waals surface area contributed by atoms with Crippen molar-refractivity contribution in [2.24, 2.45) is 0 Å². The van der Waals surface area contributed by atoms with E-state index in [1.165, 1.54) is 5.56 Å². The molecule has 1 rings (SSSR count). The molecule has 0 aliphatic heterocycles. The lowest BCUT2D eigenvalue weighted by Crippen LogP contribution is -2.01. The van der Waals surface area contributed by atoms with Crippen molar-refractivity contribution in [1.29, 1.82) is 0 Å². The first-order chi connectivity index (χ1) is 5.74. The molecule has 0 atom stereocenters. The normalized spacial score (nSPS) is 11.0. The van der Waals surface area contributed by atoms with Gasteiger partial charge in [0.15, 0.2) is 0 Å². The van der Waals surface area contributed by atoms with E-state index in [2.05, 4.69) is 36.9 Å². The number of methoxy groups -OCH3 is 1. The van der Waals surface area contributed by atoms with Crippen LogP contribution in [0.3, 0.4) is 0 Å². The first-order valence-electron chi connectivity index (χ1n) is 4.38. The van der Waals surface area contributed by atoms with Crippen molar-refractivity contribution in [3.05, 3.63) is 24.0 Å². The Labute approximate surface area is 74.2 Å². The Kier molecular flexibility index (Phi) is 3.35. The van der Waals surface area contributed by atoms with E-state index in [4.69, 9.17) is 4.74 Å². The Bertz CT molecular complexity index is 227. The van der Waals surface area contributed by atoms with Gasteiger partial charge in [-0.05, 0) is 17.5 Å². The Morgan fingerprint density at radius 3 is 2.75 bits per heavy atom. The van der Waals surface area contributed by atoms with Gasteiger partial charge in [-0.3, -0.25) is 0 Å². The zero-order chi connectivity index (χ0) is 8.97. The maximum absolute atomic E-state index is 4.99. The highest BCUT2D eigenvalue weighted by Crippen LogP contribution is 2.13. The predicted molar refractivity (Wildman–Crippen MR) is 50.4 cm³/mol. The minimum absolute atomic E-state index is 0.619. The van der Waals surface area contributed by atoms with Crippen LogP contribution >= 0.6 is 0 Å². The molecule has 1 aromatic rings. The third-order valence-electron chi connectivity index (χ3n) is 1.99. The second-order valence-electron chi connectivity index (χ2n) is 3.33. The van der Waals surface area contributed by atoms with Crippen LogP contribution in [0.15, 0.2) is 18.5 Å². The van der Waals surface area contributed by atoms with E-state index < -0.39 is 0 Å². The molecule has 0 fully saturated rings. The summed E-state index contributed by atoms with van der Waals surface area (Å²) >= 11 is 0. The quantitative estimate of drug-likeness (QED) is 0.671. The van der Waals surface area contributed by atoms with Crippen molar-refractivity contribution in [1.82, 2.24) is 4.57 Å². The van der Waals surface area contributed by atoms with Gasteiger partial charge in [0, 0.05) is 26.0 Å². The van der Waals surface area contributed by atoms with E-state index in [0.29, 0.717) is 5.92 Å². The summed E-state index contributed by atoms with van der Waals surface area (Å²) in [7, 11) is 1.73. The number of nitrogens with zero attached hydrogens (tertiary/aromatic N) is 1. The molecule has 0 radical (unpaired) electrons. The van der Waals surface area contributed by atoms with E-state index in [1.807, 2.05) is 0 Å². The summed E-state index contributed by atoms with van der Waals surface area (Å²) < 4.78 is 7.16. The van der Waals surface area contributed by atoms with Crippen molar-refractivity contribution in [3.8, 4) is 0 Å². The third-order valence-corrected chi connectivity index (χ3v) is 1.99. The lowest BCUT2D eigenvalue weighted by Gasteiger charge is -2.01. The maximum atomic E-state index is 4.99. The molecule has 2 nitrogen and oxygen atoms in total. The molecule has 0 saturated carbocycles. The molecule has 0 saturated heterocycles. The Morgan fingerprint density at radius 1 is 1.50 bits per heavy atom. The molecule has 12 heavy (non-hydrogen) atoms. The highest BCUT2D eigenvalue weighted by atomic mass is 16.5. The number of aromatic nitrogens is 1. The highest BCUT2D eigenvalue weighted by molar-refractivity contribution is 5.14. The van der Waals surface area contributed by atoms with Gasteiger partial charge in [0.05, 0.1) is 6.61 Å². The second kappa shape index (κ2) is 4.31. The molecule has 1 aromatic heterocycles. The maximum Gasteiger partial charge on any atom is 0.0641 e. The minimum Gasteiger partial charge on any atom is -0.383 e. The number of ether oxygens (including phenoxy) is 1. The smallest absolute Gasteiger partial charge is 0.0641 e. The van der Waals surface area contributed by atoms with E-state index in [1.54, 1.807) is 7.11 Å². The molecular formula is C10H17NO. The molecule has 0 aliphatic carbocycles. The summed E-state index contributed by atoms with van der Waals surface area (Å²) in [4.78, 5) is 0. The van der Waals surface area contributed by atoms with Crippen LogP contribution in [0.1, 0.15) is 25.3 Å². The molecule has 2 heteroatoms. The molecule has 0 N–H and O–H groups in total. The van der Waals surface area contributed by atoms with Crippen molar-refractivity contribution in [2.45, 2.75) is 26.3 Å². The lowest BCUT2D eigenvalue weighted by atomic mass is 10.1. The Balaban J connectivity index is 2.52. The van der Waals surface area contributed by atoms with E-state index in [0.717, 1.165) is 13.2 Å². The van der Waals surface area contributed by atoms with Crippen LogP contribution in [0.2, 0.25) is 0 Å². The van der Waals surface area contributed by atoms with Gasteiger partial charge < -0.3 is 9.30 Å². The van der Waals surface area contributed by atoms with Crippen LogP contribution < -0.4 is 0 Å². The summed E-state index contributed by atoms with van der Waals surface area (Å²) in [5.41, 5.74) is 1.39. The summed E-state index contributed by atoms with van der Waals surface area (Å²) in [6.07, 6.45) is 4.29. The fraction of sp³-hybridized carbons (Fsp3) is 0.600. The van der Waals surface area contributed by atoms with Crippen LogP contribution in [-0.2, 0) is 11.3 Å². The average molecular weight is 167 g/mol. The average Bonchev–Trinajstić information content (AvgIpc) is 2.48. The Hall–Kier alpha value is -0.760. The second-order valence-corrected chi connectivity index (χ2v) is 3.33. The first-order valence-corrected chi connectivity index (χ1v) is 4.38. The Morgan fingerprint density at radius 2 is 2.25 bits per heavy atom. The summed E-state index contributed by atoms with van der Waals surface area (Å²) in [5, 5.41) is 0. The van der Waals surface area contributed by atoms with Crippen LogP contribution in [0, 0.1) is 0 Å². The molecule has 0 bridgehead atoms. The van der Waals surface area contributed by atoms with Gasteiger partial charge in [-0.15, -0.1) is 0 Å². The fourth-order valence-corrected chi connectivity index (χ4v) is 1.14. The van der Waals surface area contributed by atoms with Gasteiger partial charge in [0.25, 0.3) is 0 Å². The zero-order valence-electron chi connectivity index (χ0n) is 8.08. The van der Waals surface area contributed by atoms with Crippen LogP contribution in [0.5, 0.6) is 0 Å². The summed E-state index contributed by atoms with van der Waals surface area (Å²) in [6.45, 7) is 6.14. The number of hydrogen-bond donors (Lipinski definition) is 0. The van der Waals surface area contributed by atoms with Gasteiger partial charge in [0.1, 0.15) is 0 Å². The largest absolute Gasteiger partial charge is 0.383 e. The van der Waals surface area contributed by atoms with Gasteiger partial charge in [-0.1, -0.05) is 13.8 Å². The molecule has 0 unspecified atom stereocenters. The van der Waals surface area contributed by atoms with E-state index in [-0.39, 0.29) is 0 Å². The van der Waals surface area contributed by atoms with E-state index in [9.17, 15) is 0 Å². The van der Waals surface area contributed by atoms with Gasteiger partial charge in [-0.2, -0.15) is 0 Å². The number of rotatable bonds is 4. The standard InChI is InChI=1S/C10H17NO/c1-9(2)10-4-5-11(8-10)6-7-12-3/h4-5,8-9H,6-7H2,1-3H3. The molecule has 0 spiro atoms. The van der Waals surface area contributed by atoms with Crippen molar-refractivity contribution >= 4 is 0 Å². The molecular weight excluding hydrogens is 150 g/mol. The van der Waals surface area contributed by atoms with Gasteiger partial charge in [0.2, 0.25) is 0 Å². The van der Waals surface area contributed by atoms with Gasteiger partial charge >= 0.3 is 0 Å². The predicted octanol–water partition coefficient (Wildman–Crippen LogP) is 2.26. The number of hydrogen-bond acceptors (Lipinski definition) is 1. The minimum atomic E-state index is 0.619. The zero-order valence-corrected chi connectivity index (χ0v) is 8.08. The van der Waals surface area contributed by atoms with Crippen molar-refractivity contribution in [3.63, 3.8) is 0 Å². The third kappa shape index (κ3) is 2.38. The fourth-order valence-electron chi connectivity index (χ4n) is 1.14. The monoisotopic (exact) mass is 167 g/mol. The molecule has 68 valence electrons. The summed E-state index contributed by atoms with van der Waals surface area (Å²) in [6, 6.07) is 2.17. The van der Waals surface area contributed by atoms with Crippen LogP contribution in [0.25, 0.3) is 0 Å².